The van der Waals surface area contributed by atoms with Gasteiger partial charge in [-0.05, 0) is 23.8 Å². The van der Waals surface area contributed by atoms with Gasteiger partial charge in [-0.3, -0.25) is 4.79 Å². The summed E-state index contributed by atoms with van der Waals surface area (Å²) < 4.78 is 18.5. The Balaban J connectivity index is 2.01. The van der Waals surface area contributed by atoms with Gasteiger partial charge in [-0.2, -0.15) is 0 Å². The van der Waals surface area contributed by atoms with E-state index in [9.17, 15) is 14.3 Å². The molecule has 1 amide bonds. The Kier molecular flexibility index (Phi) is 4.90. The largest absolute Gasteiger partial charge is 0.497 e. The molecule has 21 heavy (non-hydrogen) atoms. The molecule has 1 unspecified atom stereocenters. The molecule has 0 bridgehead atoms. The molecule has 1 atom stereocenters. The molecule has 2 aromatic rings. The number of methoxy groups -OCH3 is 1. The van der Waals surface area contributed by atoms with Crippen LogP contribution in [0.15, 0.2) is 48.5 Å². The molecule has 0 radical (unpaired) electrons. The zero-order valence-corrected chi connectivity index (χ0v) is 11.5. The molecule has 0 aromatic heterocycles. The molecule has 4 nitrogen and oxygen atoms in total. The Labute approximate surface area is 122 Å². The first-order chi connectivity index (χ1) is 10.1. The molecule has 0 spiro atoms. The van der Waals surface area contributed by atoms with Gasteiger partial charge in [0.15, 0.2) is 6.10 Å². The molecule has 0 aliphatic rings. The summed E-state index contributed by atoms with van der Waals surface area (Å²) in [6.07, 6.45) is -1.33. The summed E-state index contributed by atoms with van der Waals surface area (Å²) in [5.41, 5.74) is 0.782. The number of ether oxygens (including phenoxy) is 1. The summed E-state index contributed by atoms with van der Waals surface area (Å²) in [5.74, 6) is -0.436. The maximum absolute atomic E-state index is 13.4. The first-order valence-electron chi connectivity index (χ1n) is 6.45. The van der Waals surface area contributed by atoms with Crippen LogP contribution in [0, 0.1) is 5.82 Å². The maximum Gasteiger partial charge on any atom is 0.253 e. The van der Waals surface area contributed by atoms with Crippen LogP contribution < -0.4 is 10.1 Å². The molecule has 5 heteroatoms. The number of halogens is 1. The summed E-state index contributed by atoms with van der Waals surface area (Å²) in [7, 11) is 1.50. The van der Waals surface area contributed by atoms with E-state index in [-0.39, 0.29) is 6.54 Å². The number of amides is 1. The fourth-order valence-corrected chi connectivity index (χ4v) is 1.88. The van der Waals surface area contributed by atoms with Crippen LogP contribution in [0.25, 0.3) is 0 Å². The fraction of sp³-hybridized carbons (Fsp3) is 0.188. The normalized spacial score (nSPS) is 11.8. The lowest BCUT2D eigenvalue weighted by molar-refractivity contribution is -0.129. The maximum atomic E-state index is 13.4. The van der Waals surface area contributed by atoms with E-state index in [1.807, 2.05) is 0 Å². The number of carbonyl (C=O) groups is 1. The third kappa shape index (κ3) is 3.79. The van der Waals surface area contributed by atoms with Crippen LogP contribution in [0.1, 0.15) is 17.2 Å². The minimum absolute atomic E-state index is 0.0204. The van der Waals surface area contributed by atoms with Crippen LogP contribution in [-0.4, -0.2) is 18.1 Å². The average Bonchev–Trinajstić information content (AvgIpc) is 2.53. The second-order valence-corrected chi connectivity index (χ2v) is 4.49. The van der Waals surface area contributed by atoms with Gasteiger partial charge in [-0.15, -0.1) is 0 Å². The summed E-state index contributed by atoms with van der Waals surface area (Å²) in [6, 6.07) is 12.8. The lowest BCUT2D eigenvalue weighted by Gasteiger charge is -2.13. The smallest absolute Gasteiger partial charge is 0.253 e. The Morgan fingerprint density at radius 3 is 2.76 bits per heavy atom. The second kappa shape index (κ2) is 6.85. The summed E-state index contributed by atoms with van der Waals surface area (Å²) in [6.45, 7) is 0.0204. The van der Waals surface area contributed by atoms with Gasteiger partial charge >= 0.3 is 0 Å². The van der Waals surface area contributed by atoms with E-state index in [1.54, 1.807) is 42.5 Å². The molecule has 110 valence electrons. The lowest BCUT2D eigenvalue weighted by Crippen LogP contribution is -2.29. The zero-order valence-electron chi connectivity index (χ0n) is 11.5. The van der Waals surface area contributed by atoms with Gasteiger partial charge < -0.3 is 15.2 Å². The van der Waals surface area contributed by atoms with Crippen molar-refractivity contribution in [3.8, 4) is 5.75 Å². The zero-order chi connectivity index (χ0) is 15.2. The number of hydrogen-bond acceptors (Lipinski definition) is 3. The number of aliphatic hydroxyl groups is 1. The minimum Gasteiger partial charge on any atom is -0.497 e. The summed E-state index contributed by atoms with van der Waals surface area (Å²) in [4.78, 5) is 11.9. The molecule has 0 saturated heterocycles. The van der Waals surface area contributed by atoms with Crippen molar-refractivity contribution in [2.75, 3.05) is 7.11 Å². The molecular formula is C16H16FNO3. The van der Waals surface area contributed by atoms with Crippen molar-refractivity contribution in [3.63, 3.8) is 0 Å². The third-order valence-corrected chi connectivity index (χ3v) is 3.07. The number of aliphatic hydroxyl groups excluding tert-OH is 1. The molecule has 2 aromatic carbocycles. The van der Waals surface area contributed by atoms with Crippen LogP contribution in [0.4, 0.5) is 4.39 Å². The Hall–Kier alpha value is -2.40. The van der Waals surface area contributed by atoms with E-state index in [0.29, 0.717) is 16.9 Å². The highest BCUT2D eigenvalue weighted by Gasteiger charge is 2.17. The van der Waals surface area contributed by atoms with Gasteiger partial charge in [-0.1, -0.05) is 30.3 Å². The molecule has 2 rings (SSSR count). The van der Waals surface area contributed by atoms with Crippen molar-refractivity contribution in [2.24, 2.45) is 0 Å². The van der Waals surface area contributed by atoms with Gasteiger partial charge in [0, 0.05) is 12.1 Å². The van der Waals surface area contributed by atoms with Crippen LogP contribution in [0.3, 0.4) is 0 Å². The fourth-order valence-electron chi connectivity index (χ4n) is 1.88. The Morgan fingerprint density at radius 2 is 2.05 bits per heavy atom. The van der Waals surface area contributed by atoms with Gasteiger partial charge in [0.2, 0.25) is 0 Å². The van der Waals surface area contributed by atoms with E-state index in [1.165, 1.54) is 13.2 Å². The third-order valence-electron chi connectivity index (χ3n) is 3.07. The molecule has 2 N–H and O–H groups in total. The SMILES string of the molecule is COc1cccc(C(O)C(=O)NCc2ccccc2F)c1. The van der Waals surface area contributed by atoms with Gasteiger partial charge in [-0.25, -0.2) is 4.39 Å². The van der Waals surface area contributed by atoms with Crippen molar-refractivity contribution >= 4 is 5.91 Å². The first-order valence-corrected chi connectivity index (χ1v) is 6.45. The number of hydrogen-bond donors (Lipinski definition) is 2. The van der Waals surface area contributed by atoms with Crippen molar-refractivity contribution in [1.29, 1.82) is 0 Å². The minimum atomic E-state index is -1.33. The van der Waals surface area contributed by atoms with E-state index >= 15 is 0 Å². The number of rotatable bonds is 5. The quantitative estimate of drug-likeness (QED) is 0.887. The summed E-state index contributed by atoms with van der Waals surface area (Å²) >= 11 is 0. The van der Waals surface area contributed by atoms with Crippen molar-refractivity contribution in [1.82, 2.24) is 5.32 Å². The van der Waals surface area contributed by atoms with Gasteiger partial charge in [0.1, 0.15) is 11.6 Å². The van der Waals surface area contributed by atoms with E-state index < -0.39 is 17.8 Å². The van der Waals surface area contributed by atoms with Crippen LogP contribution in [0.5, 0.6) is 5.75 Å². The highest BCUT2D eigenvalue weighted by atomic mass is 19.1. The molecule has 0 saturated carbocycles. The van der Waals surface area contributed by atoms with E-state index in [2.05, 4.69) is 5.32 Å². The number of nitrogens with one attached hydrogen (secondary N) is 1. The van der Waals surface area contributed by atoms with Gasteiger partial charge in [0.05, 0.1) is 7.11 Å². The number of carbonyl (C=O) groups excluding carboxylic acids is 1. The predicted molar refractivity (Wildman–Crippen MR) is 76.2 cm³/mol. The van der Waals surface area contributed by atoms with Gasteiger partial charge in [0.25, 0.3) is 5.91 Å². The standard InChI is InChI=1S/C16H16FNO3/c1-21-13-7-4-6-11(9-13)15(19)16(20)18-10-12-5-2-3-8-14(12)17/h2-9,15,19H,10H2,1H3,(H,18,20). The average molecular weight is 289 g/mol. The molecule has 0 aliphatic carbocycles. The Bertz CT molecular complexity index is 630. The van der Waals surface area contributed by atoms with Crippen LogP contribution in [-0.2, 0) is 11.3 Å². The lowest BCUT2D eigenvalue weighted by atomic mass is 10.1. The van der Waals surface area contributed by atoms with Crippen LogP contribution >= 0.6 is 0 Å². The van der Waals surface area contributed by atoms with Crippen molar-refractivity contribution < 1.29 is 19.0 Å². The summed E-state index contributed by atoms with van der Waals surface area (Å²) in [5, 5.41) is 12.5. The molecule has 0 fully saturated rings. The topological polar surface area (TPSA) is 58.6 Å². The highest BCUT2D eigenvalue weighted by Crippen LogP contribution is 2.19. The predicted octanol–water partition coefficient (Wildman–Crippen LogP) is 2.18. The van der Waals surface area contributed by atoms with E-state index in [4.69, 9.17) is 4.74 Å². The highest BCUT2D eigenvalue weighted by molar-refractivity contribution is 5.82. The van der Waals surface area contributed by atoms with Crippen molar-refractivity contribution in [2.45, 2.75) is 12.6 Å². The number of benzene rings is 2. The molecule has 0 aliphatic heterocycles. The first kappa shape index (κ1) is 15.0. The van der Waals surface area contributed by atoms with Crippen LogP contribution in [0.2, 0.25) is 0 Å². The monoisotopic (exact) mass is 289 g/mol. The second-order valence-electron chi connectivity index (χ2n) is 4.49. The Morgan fingerprint density at radius 1 is 1.29 bits per heavy atom. The van der Waals surface area contributed by atoms with E-state index in [0.717, 1.165) is 0 Å². The van der Waals surface area contributed by atoms with Crippen molar-refractivity contribution in [3.05, 3.63) is 65.5 Å². The molecular weight excluding hydrogens is 273 g/mol. The molecule has 0 heterocycles.